The van der Waals surface area contributed by atoms with Crippen molar-refractivity contribution in [2.45, 2.75) is 6.92 Å². The van der Waals surface area contributed by atoms with E-state index in [0.29, 0.717) is 15.7 Å². The Hall–Kier alpha value is -2.70. The van der Waals surface area contributed by atoms with Crippen LogP contribution in [0.2, 0.25) is 0 Å². The second kappa shape index (κ2) is 3.64. The topological polar surface area (TPSA) is 78.4 Å². The first-order valence-corrected chi connectivity index (χ1v) is 5.63. The summed E-state index contributed by atoms with van der Waals surface area (Å²) in [7, 11) is 1.60. The zero-order valence-electron chi connectivity index (χ0n) is 10.3. The Morgan fingerprint density at radius 2 is 1.79 bits per heavy atom. The van der Waals surface area contributed by atoms with Gasteiger partial charge in [-0.05, 0) is 12.1 Å². The van der Waals surface area contributed by atoms with Crippen LogP contribution in [-0.2, 0) is 7.05 Å². The van der Waals surface area contributed by atoms with Gasteiger partial charge in [0.2, 0.25) is 11.6 Å². The molecule has 0 saturated heterocycles. The molecule has 2 heterocycles. The minimum Gasteiger partial charge on any atom is -0.307 e. The first kappa shape index (κ1) is 11.4. The predicted molar refractivity (Wildman–Crippen MR) is 68.5 cm³/mol. The van der Waals surface area contributed by atoms with E-state index >= 15 is 0 Å². The maximum atomic E-state index is 12.1. The van der Waals surface area contributed by atoms with Crippen LogP contribution < -0.4 is 11.2 Å². The molecule has 0 bridgehead atoms. The summed E-state index contributed by atoms with van der Waals surface area (Å²) >= 11 is 0. The highest BCUT2D eigenvalue weighted by Gasteiger charge is 2.17. The molecule has 96 valence electrons. The van der Waals surface area contributed by atoms with E-state index in [0.717, 1.165) is 0 Å². The highest BCUT2D eigenvalue weighted by molar-refractivity contribution is 5.79. The largest absolute Gasteiger partial charge is 0.358 e. The molecule has 0 N–H and O–H groups in total. The van der Waals surface area contributed by atoms with Gasteiger partial charge in [-0.3, -0.25) is 9.59 Å². The number of carbonyl (C=O) groups excluding carboxylic acids is 1. The van der Waals surface area contributed by atoms with Crippen molar-refractivity contribution in [2.24, 2.45) is 7.05 Å². The fourth-order valence-corrected chi connectivity index (χ4v) is 2.12. The SMILES string of the molecule is CC(=O)n1nc2c(=O)n(C)c3ccccc3n2c1=O. The highest BCUT2D eigenvalue weighted by Crippen LogP contribution is 2.10. The van der Waals surface area contributed by atoms with Crippen LogP contribution in [0.5, 0.6) is 0 Å². The van der Waals surface area contributed by atoms with Crippen molar-refractivity contribution in [3.05, 3.63) is 45.1 Å². The van der Waals surface area contributed by atoms with E-state index in [9.17, 15) is 14.4 Å². The second-order valence-electron chi connectivity index (χ2n) is 4.23. The maximum absolute atomic E-state index is 12.1. The van der Waals surface area contributed by atoms with Crippen LogP contribution in [0.4, 0.5) is 0 Å². The lowest BCUT2D eigenvalue weighted by Crippen LogP contribution is -2.27. The Balaban J connectivity index is 2.72. The molecule has 0 saturated carbocycles. The molecular weight excluding hydrogens is 248 g/mol. The molecule has 0 amide bonds. The number of aryl methyl sites for hydroxylation is 1. The minimum absolute atomic E-state index is 0.0543. The van der Waals surface area contributed by atoms with E-state index in [-0.39, 0.29) is 5.65 Å². The molecule has 0 atom stereocenters. The normalized spacial score (nSPS) is 11.3. The molecule has 2 aromatic heterocycles. The van der Waals surface area contributed by atoms with Gasteiger partial charge in [0.1, 0.15) is 0 Å². The summed E-state index contributed by atoms with van der Waals surface area (Å²) in [6.07, 6.45) is 0. The van der Waals surface area contributed by atoms with E-state index in [1.165, 1.54) is 15.9 Å². The summed E-state index contributed by atoms with van der Waals surface area (Å²) < 4.78 is 3.27. The van der Waals surface area contributed by atoms with Gasteiger partial charge in [-0.1, -0.05) is 12.1 Å². The van der Waals surface area contributed by atoms with Crippen molar-refractivity contribution in [1.29, 1.82) is 0 Å². The van der Waals surface area contributed by atoms with Crippen molar-refractivity contribution in [1.82, 2.24) is 18.7 Å². The summed E-state index contributed by atoms with van der Waals surface area (Å²) in [6.45, 7) is 1.22. The van der Waals surface area contributed by atoms with Crippen molar-refractivity contribution >= 4 is 22.6 Å². The number of para-hydroxylation sites is 2. The van der Waals surface area contributed by atoms with Gasteiger partial charge >= 0.3 is 5.69 Å². The summed E-state index contributed by atoms with van der Waals surface area (Å²) in [5.74, 6) is -0.528. The molecule has 0 unspecified atom stereocenters. The van der Waals surface area contributed by atoms with Crippen LogP contribution in [0.15, 0.2) is 33.9 Å². The van der Waals surface area contributed by atoms with Crippen LogP contribution in [0.3, 0.4) is 0 Å². The third-order valence-corrected chi connectivity index (χ3v) is 3.06. The lowest BCUT2D eigenvalue weighted by Gasteiger charge is -2.05. The van der Waals surface area contributed by atoms with Crippen LogP contribution in [0.25, 0.3) is 16.7 Å². The Labute approximate surface area is 106 Å². The number of aromatic nitrogens is 4. The van der Waals surface area contributed by atoms with Gasteiger partial charge in [0.05, 0.1) is 11.0 Å². The van der Waals surface area contributed by atoms with Crippen LogP contribution in [0, 0.1) is 0 Å². The van der Waals surface area contributed by atoms with Gasteiger partial charge in [-0.25, -0.2) is 9.20 Å². The van der Waals surface area contributed by atoms with Crippen LogP contribution in [-0.4, -0.2) is 24.7 Å². The van der Waals surface area contributed by atoms with Crippen LogP contribution >= 0.6 is 0 Å². The Morgan fingerprint density at radius 1 is 1.16 bits per heavy atom. The smallest absolute Gasteiger partial charge is 0.307 e. The van der Waals surface area contributed by atoms with E-state index in [4.69, 9.17) is 0 Å². The first-order chi connectivity index (χ1) is 9.02. The molecule has 0 aliphatic heterocycles. The molecule has 0 radical (unpaired) electrons. The summed E-state index contributed by atoms with van der Waals surface area (Å²) in [5.41, 5.74) is 0.0379. The summed E-state index contributed by atoms with van der Waals surface area (Å²) in [4.78, 5) is 35.6. The molecule has 0 aliphatic carbocycles. The molecule has 1 aromatic carbocycles. The van der Waals surface area contributed by atoms with Crippen molar-refractivity contribution < 1.29 is 4.79 Å². The van der Waals surface area contributed by atoms with E-state index in [1.807, 2.05) is 0 Å². The predicted octanol–water partition coefficient (Wildman–Crippen LogP) is 0.00800. The van der Waals surface area contributed by atoms with Gasteiger partial charge in [-0.15, -0.1) is 9.78 Å². The summed E-state index contributed by atoms with van der Waals surface area (Å²) in [6, 6.07) is 6.96. The number of carbonyl (C=O) groups is 1. The van der Waals surface area contributed by atoms with Gasteiger partial charge < -0.3 is 4.57 Å². The molecular formula is C12H10N4O3. The fraction of sp³-hybridized carbons (Fsp3) is 0.167. The molecule has 0 fully saturated rings. The molecule has 3 rings (SSSR count). The van der Waals surface area contributed by atoms with Crippen molar-refractivity contribution in [3.63, 3.8) is 0 Å². The van der Waals surface area contributed by atoms with E-state index < -0.39 is 17.2 Å². The molecule has 0 spiro atoms. The zero-order valence-corrected chi connectivity index (χ0v) is 10.3. The lowest BCUT2D eigenvalue weighted by atomic mass is 10.3. The number of hydrogen-bond acceptors (Lipinski definition) is 4. The highest BCUT2D eigenvalue weighted by atomic mass is 16.2. The molecule has 0 aliphatic rings. The van der Waals surface area contributed by atoms with Gasteiger partial charge in [0.25, 0.3) is 5.56 Å². The molecule has 7 heteroatoms. The monoisotopic (exact) mass is 258 g/mol. The average molecular weight is 258 g/mol. The second-order valence-corrected chi connectivity index (χ2v) is 4.23. The van der Waals surface area contributed by atoms with E-state index in [2.05, 4.69) is 5.10 Å². The quantitative estimate of drug-likeness (QED) is 0.569. The van der Waals surface area contributed by atoms with Gasteiger partial charge in [-0.2, -0.15) is 0 Å². The Kier molecular flexibility index (Phi) is 2.19. The average Bonchev–Trinajstić information content (AvgIpc) is 2.74. The number of nitrogens with zero attached hydrogens (tertiary/aromatic N) is 4. The van der Waals surface area contributed by atoms with Crippen molar-refractivity contribution in [2.75, 3.05) is 0 Å². The zero-order chi connectivity index (χ0) is 13.7. The number of rotatable bonds is 0. The van der Waals surface area contributed by atoms with Crippen LogP contribution in [0.1, 0.15) is 11.7 Å². The number of hydrogen-bond donors (Lipinski definition) is 0. The standard InChI is InChI=1S/C12H10N4O3/c1-7(17)16-12(19)15-9-6-4-3-5-8(9)14(2)11(18)10(15)13-16/h3-6H,1-2H3. The molecule has 19 heavy (non-hydrogen) atoms. The minimum atomic E-state index is -0.628. The van der Waals surface area contributed by atoms with Crippen molar-refractivity contribution in [3.8, 4) is 0 Å². The fourth-order valence-electron chi connectivity index (χ4n) is 2.12. The third kappa shape index (κ3) is 1.38. The number of benzene rings is 1. The van der Waals surface area contributed by atoms with Gasteiger partial charge in [0.15, 0.2) is 0 Å². The lowest BCUT2D eigenvalue weighted by molar-refractivity contribution is 0.0917. The third-order valence-electron chi connectivity index (χ3n) is 3.06. The van der Waals surface area contributed by atoms with E-state index in [1.54, 1.807) is 31.3 Å². The first-order valence-electron chi connectivity index (χ1n) is 5.63. The summed E-state index contributed by atoms with van der Waals surface area (Å²) in [5, 5.41) is 3.81. The molecule has 3 aromatic rings. The number of fused-ring (bicyclic) bond motifs is 3. The van der Waals surface area contributed by atoms with Gasteiger partial charge in [0, 0.05) is 14.0 Å². The Bertz CT molecular complexity index is 945. The Morgan fingerprint density at radius 3 is 2.42 bits per heavy atom. The maximum Gasteiger partial charge on any atom is 0.358 e. The molecule has 7 nitrogen and oxygen atoms in total.